The summed E-state index contributed by atoms with van der Waals surface area (Å²) < 4.78 is 30.1. The van der Waals surface area contributed by atoms with Crippen LogP contribution in [0.5, 0.6) is 0 Å². The fraction of sp³-hybridized carbons (Fsp3) is 0.292. The van der Waals surface area contributed by atoms with Crippen molar-refractivity contribution in [1.29, 1.82) is 0 Å². The van der Waals surface area contributed by atoms with Gasteiger partial charge in [-0.25, -0.2) is 9.18 Å². The summed E-state index contributed by atoms with van der Waals surface area (Å²) in [6.45, 7) is 0.912. The number of hydrogen-bond donors (Lipinski definition) is 0. The number of fused-ring (bicyclic) bond motifs is 2. The van der Waals surface area contributed by atoms with Crippen LogP contribution in [0.25, 0.3) is 11.0 Å². The van der Waals surface area contributed by atoms with Crippen LogP contribution in [0.3, 0.4) is 0 Å². The first kappa shape index (κ1) is 20.4. The lowest BCUT2D eigenvalue weighted by atomic mass is 9.97. The van der Waals surface area contributed by atoms with Gasteiger partial charge in [-0.15, -0.1) is 0 Å². The topological polar surface area (TPSA) is 86.0 Å². The van der Waals surface area contributed by atoms with Crippen molar-refractivity contribution in [3.63, 3.8) is 0 Å². The molecule has 2 atom stereocenters. The highest BCUT2D eigenvalue weighted by atomic mass is 19.1. The van der Waals surface area contributed by atoms with Gasteiger partial charge in [0.15, 0.2) is 5.43 Å². The van der Waals surface area contributed by atoms with E-state index in [2.05, 4.69) is 0 Å². The maximum atomic E-state index is 13.8. The zero-order chi connectivity index (χ0) is 22.4. The van der Waals surface area contributed by atoms with Crippen LogP contribution in [-0.2, 0) is 9.47 Å². The minimum atomic E-state index is -0.739. The molecule has 0 aliphatic carbocycles. The quantitative estimate of drug-likeness (QED) is 0.582. The SMILES string of the molecule is COC(=O)c1ccc([C@H]2c3c(oc4ccc(F)cc4c3=O)C(=O)N2C[C@H]2CCCO2)cc1. The Hall–Kier alpha value is -3.52. The Morgan fingerprint density at radius 2 is 1.97 bits per heavy atom. The monoisotopic (exact) mass is 437 g/mol. The van der Waals surface area contributed by atoms with Gasteiger partial charge in [0, 0.05) is 13.2 Å². The Kier molecular flexibility index (Phi) is 5.01. The number of methoxy groups -OCH3 is 1. The number of hydrogen-bond acceptors (Lipinski definition) is 6. The Bertz CT molecular complexity index is 1280. The number of rotatable bonds is 4. The third kappa shape index (κ3) is 3.27. The standard InChI is InChI=1S/C24H20FNO6/c1-30-24(29)14-6-4-13(5-7-14)20-19-21(27)17-11-15(25)8-9-18(17)32-22(19)23(28)26(20)12-16-3-2-10-31-16/h4-9,11,16,20H,2-3,10,12H2,1H3/t16-,20+/m1/s1. The zero-order valence-electron chi connectivity index (χ0n) is 17.3. The minimum absolute atomic E-state index is 0.0471. The van der Waals surface area contributed by atoms with Gasteiger partial charge < -0.3 is 18.8 Å². The summed E-state index contributed by atoms with van der Waals surface area (Å²) in [6, 6.07) is 9.43. The molecule has 32 heavy (non-hydrogen) atoms. The third-order valence-electron chi connectivity index (χ3n) is 6.00. The molecule has 0 radical (unpaired) electrons. The summed E-state index contributed by atoms with van der Waals surface area (Å²) in [6.07, 6.45) is 1.56. The van der Waals surface area contributed by atoms with E-state index in [1.165, 1.54) is 19.2 Å². The highest BCUT2D eigenvalue weighted by Gasteiger charge is 2.44. The maximum absolute atomic E-state index is 13.8. The molecule has 0 spiro atoms. The molecule has 0 saturated carbocycles. The first-order valence-electron chi connectivity index (χ1n) is 10.3. The van der Waals surface area contributed by atoms with E-state index in [0.29, 0.717) is 17.7 Å². The lowest BCUT2D eigenvalue weighted by molar-refractivity contribution is 0.0486. The van der Waals surface area contributed by atoms with Gasteiger partial charge in [0.05, 0.1) is 35.8 Å². The number of carbonyl (C=O) groups excluding carboxylic acids is 2. The third-order valence-corrected chi connectivity index (χ3v) is 6.00. The summed E-state index contributed by atoms with van der Waals surface area (Å²) in [5, 5.41) is 0.0756. The smallest absolute Gasteiger partial charge is 0.337 e. The number of amides is 1. The van der Waals surface area contributed by atoms with Crippen molar-refractivity contribution in [2.75, 3.05) is 20.3 Å². The van der Waals surface area contributed by atoms with Crippen molar-refractivity contribution in [2.24, 2.45) is 0 Å². The highest BCUT2D eigenvalue weighted by Crippen LogP contribution is 2.39. The summed E-state index contributed by atoms with van der Waals surface area (Å²) in [5.74, 6) is -1.52. The summed E-state index contributed by atoms with van der Waals surface area (Å²) in [4.78, 5) is 40.1. The predicted octanol–water partition coefficient (Wildman–Crippen LogP) is 3.44. The first-order chi connectivity index (χ1) is 15.5. The summed E-state index contributed by atoms with van der Waals surface area (Å²) >= 11 is 0. The largest absolute Gasteiger partial charge is 0.465 e. The normalized spacial score (nSPS) is 20.1. The van der Waals surface area contributed by atoms with Gasteiger partial charge in [-0.1, -0.05) is 12.1 Å². The van der Waals surface area contributed by atoms with E-state index in [9.17, 15) is 18.8 Å². The van der Waals surface area contributed by atoms with Crippen LogP contribution in [0.2, 0.25) is 0 Å². The average molecular weight is 437 g/mol. The molecule has 0 bridgehead atoms. The van der Waals surface area contributed by atoms with Gasteiger partial charge in [0.1, 0.15) is 11.4 Å². The second kappa shape index (κ2) is 7.87. The number of carbonyl (C=O) groups is 2. The average Bonchev–Trinajstić information content (AvgIpc) is 3.41. The molecular weight excluding hydrogens is 417 g/mol. The molecule has 7 nitrogen and oxygen atoms in total. The van der Waals surface area contributed by atoms with Gasteiger partial charge in [0.2, 0.25) is 5.76 Å². The van der Waals surface area contributed by atoms with E-state index in [0.717, 1.165) is 18.9 Å². The van der Waals surface area contributed by atoms with Crippen LogP contribution in [-0.4, -0.2) is 43.1 Å². The van der Waals surface area contributed by atoms with Crippen molar-refractivity contribution in [3.8, 4) is 0 Å². The summed E-state index contributed by atoms with van der Waals surface area (Å²) in [7, 11) is 1.29. The van der Waals surface area contributed by atoms with E-state index in [-0.39, 0.29) is 34.9 Å². The second-order valence-corrected chi connectivity index (χ2v) is 7.92. The lowest BCUT2D eigenvalue weighted by Crippen LogP contribution is -2.36. The molecule has 0 N–H and O–H groups in total. The Labute approximate surface area is 182 Å². The lowest BCUT2D eigenvalue weighted by Gasteiger charge is -2.27. The predicted molar refractivity (Wildman–Crippen MR) is 112 cm³/mol. The van der Waals surface area contributed by atoms with Crippen LogP contribution in [0.1, 0.15) is 50.9 Å². The van der Waals surface area contributed by atoms with E-state index in [1.807, 2.05) is 0 Å². The van der Waals surface area contributed by atoms with Crippen LogP contribution >= 0.6 is 0 Å². The van der Waals surface area contributed by atoms with Gasteiger partial charge >= 0.3 is 5.97 Å². The van der Waals surface area contributed by atoms with Gasteiger partial charge in [-0.3, -0.25) is 9.59 Å². The van der Waals surface area contributed by atoms with Crippen molar-refractivity contribution in [3.05, 3.63) is 81.0 Å². The van der Waals surface area contributed by atoms with Crippen LogP contribution in [0, 0.1) is 5.82 Å². The molecule has 3 heterocycles. The molecular formula is C24H20FNO6. The van der Waals surface area contributed by atoms with Crippen molar-refractivity contribution >= 4 is 22.8 Å². The van der Waals surface area contributed by atoms with Gasteiger partial charge in [0.25, 0.3) is 5.91 Å². The van der Waals surface area contributed by atoms with Crippen LogP contribution in [0.4, 0.5) is 4.39 Å². The second-order valence-electron chi connectivity index (χ2n) is 7.92. The number of nitrogens with zero attached hydrogens (tertiary/aromatic N) is 1. The Morgan fingerprint density at radius 1 is 1.19 bits per heavy atom. The Morgan fingerprint density at radius 3 is 2.66 bits per heavy atom. The van der Waals surface area contributed by atoms with E-state index < -0.39 is 29.2 Å². The number of halogens is 1. The van der Waals surface area contributed by atoms with E-state index in [4.69, 9.17) is 13.9 Å². The molecule has 8 heteroatoms. The minimum Gasteiger partial charge on any atom is -0.465 e. The van der Waals surface area contributed by atoms with Gasteiger partial charge in [-0.2, -0.15) is 0 Å². The van der Waals surface area contributed by atoms with Crippen molar-refractivity contribution in [2.45, 2.75) is 25.0 Å². The molecule has 3 aromatic rings. The molecule has 1 fully saturated rings. The summed E-state index contributed by atoms with van der Waals surface area (Å²) in [5.41, 5.74) is 0.843. The molecule has 0 unspecified atom stereocenters. The fourth-order valence-electron chi connectivity index (χ4n) is 4.45. The molecule has 2 aliphatic rings. The van der Waals surface area contributed by atoms with Crippen LogP contribution in [0.15, 0.2) is 51.7 Å². The Balaban J connectivity index is 1.66. The molecule has 2 aromatic carbocycles. The van der Waals surface area contributed by atoms with Gasteiger partial charge in [-0.05, 0) is 48.7 Å². The van der Waals surface area contributed by atoms with E-state index in [1.54, 1.807) is 29.2 Å². The number of ether oxygens (including phenoxy) is 2. The van der Waals surface area contributed by atoms with Crippen molar-refractivity contribution < 1.29 is 27.9 Å². The number of benzene rings is 2. The first-order valence-corrected chi connectivity index (χ1v) is 10.3. The molecule has 164 valence electrons. The molecule has 5 rings (SSSR count). The molecule has 1 saturated heterocycles. The molecule has 1 amide bonds. The fourth-order valence-corrected chi connectivity index (χ4v) is 4.45. The zero-order valence-corrected chi connectivity index (χ0v) is 17.3. The van der Waals surface area contributed by atoms with E-state index >= 15 is 0 Å². The van der Waals surface area contributed by atoms with Crippen LogP contribution < -0.4 is 5.43 Å². The molecule has 1 aromatic heterocycles. The number of esters is 1. The maximum Gasteiger partial charge on any atom is 0.337 e. The van der Waals surface area contributed by atoms with Crippen molar-refractivity contribution in [1.82, 2.24) is 4.90 Å². The highest BCUT2D eigenvalue weighted by molar-refractivity contribution is 5.99. The molecule has 2 aliphatic heterocycles.